The molecule has 0 saturated carbocycles. The molecule has 3 N–H and O–H groups in total. The number of methoxy groups -OCH3 is 1. The molecular formula is C25H20N6O2. The van der Waals surface area contributed by atoms with E-state index in [1.54, 1.807) is 36.0 Å². The minimum Gasteiger partial charge on any atom is -0.497 e. The molecule has 1 amide bonds. The van der Waals surface area contributed by atoms with Crippen molar-refractivity contribution in [3.63, 3.8) is 0 Å². The topological polar surface area (TPSA) is 107 Å². The Bertz CT molecular complexity index is 1440. The number of amides is 1. The van der Waals surface area contributed by atoms with E-state index in [0.29, 0.717) is 11.5 Å². The largest absolute Gasteiger partial charge is 0.497 e. The number of nitrogens with zero attached hydrogens (tertiary/aromatic N) is 4. The van der Waals surface area contributed by atoms with Gasteiger partial charge in [0.2, 0.25) is 11.9 Å². The van der Waals surface area contributed by atoms with Crippen LogP contribution in [0.4, 0.5) is 11.6 Å². The summed E-state index contributed by atoms with van der Waals surface area (Å²) in [7, 11) is 1.64. The molecule has 162 valence electrons. The van der Waals surface area contributed by atoms with E-state index in [2.05, 4.69) is 20.4 Å². The fourth-order valence-corrected chi connectivity index (χ4v) is 3.54. The highest BCUT2D eigenvalue weighted by molar-refractivity contribution is 5.94. The Morgan fingerprint density at radius 3 is 2.52 bits per heavy atom. The summed E-state index contributed by atoms with van der Waals surface area (Å²) in [6.07, 6.45) is 1.70. The zero-order chi connectivity index (χ0) is 22.8. The van der Waals surface area contributed by atoms with Gasteiger partial charge in [0.1, 0.15) is 5.75 Å². The SMILES string of the molecule is COc1ccc(-c2cccc3nc(Nc4ccc(-c5cccc(C(N)=O)c5)nc4)nn23)cc1. The fraction of sp³-hybridized carbons (Fsp3) is 0.0400. The highest BCUT2D eigenvalue weighted by Gasteiger charge is 2.10. The van der Waals surface area contributed by atoms with Crippen LogP contribution in [0.5, 0.6) is 5.75 Å². The lowest BCUT2D eigenvalue weighted by Gasteiger charge is -2.06. The van der Waals surface area contributed by atoms with Crippen molar-refractivity contribution in [2.24, 2.45) is 5.73 Å². The lowest BCUT2D eigenvalue weighted by molar-refractivity contribution is 0.100. The number of primary amides is 1. The van der Waals surface area contributed by atoms with Crippen molar-refractivity contribution in [1.82, 2.24) is 19.6 Å². The number of carbonyl (C=O) groups excluding carboxylic acids is 1. The van der Waals surface area contributed by atoms with Crippen LogP contribution in [0.3, 0.4) is 0 Å². The van der Waals surface area contributed by atoms with Crippen molar-refractivity contribution in [2.75, 3.05) is 12.4 Å². The maximum Gasteiger partial charge on any atom is 0.248 e. The van der Waals surface area contributed by atoms with Crippen molar-refractivity contribution in [3.05, 3.63) is 90.6 Å². The molecule has 0 radical (unpaired) electrons. The monoisotopic (exact) mass is 436 g/mol. The summed E-state index contributed by atoms with van der Waals surface area (Å²) in [5, 5.41) is 7.82. The number of benzene rings is 2. The minimum absolute atomic E-state index is 0.443. The maximum absolute atomic E-state index is 11.4. The Balaban J connectivity index is 1.40. The van der Waals surface area contributed by atoms with Crippen LogP contribution in [0.2, 0.25) is 0 Å². The van der Waals surface area contributed by atoms with Crippen LogP contribution in [0, 0.1) is 0 Å². The number of ether oxygens (including phenoxy) is 1. The molecule has 0 bridgehead atoms. The summed E-state index contributed by atoms with van der Waals surface area (Å²) in [6, 6.07) is 24.4. The minimum atomic E-state index is -0.470. The number of hydrogen-bond donors (Lipinski definition) is 2. The average Bonchev–Trinajstić information content (AvgIpc) is 3.27. The molecule has 0 unspecified atom stereocenters. The van der Waals surface area contributed by atoms with Crippen molar-refractivity contribution >= 4 is 23.2 Å². The normalized spacial score (nSPS) is 10.8. The van der Waals surface area contributed by atoms with Gasteiger partial charge in [0.25, 0.3) is 0 Å². The quantitative estimate of drug-likeness (QED) is 0.411. The van der Waals surface area contributed by atoms with Gasteiger partial charge in [-0.2, -0.15) is 4.98 Å². The van der Waals surface area contributed by atoms with Gasteiger partial charge in [0.05, 0.1) is 30.4 Å². The second kappa shape index (κ2) is 8.43. The third-order valence-electron chi connectivity index (χ3n) is 5.21. The number of fused-ring (bicyclic) bond motifs is 1. The van der Waals surface area contributed by atoms with E-state index in [9.17, 15) is 4.79 Å². The molecule has 8 heteroatoms. The van der Waals surface area contributed by atoms with Crippen LogP contribution in [-0.2, 0) is 0 Å². The van der Waals surface area contributed by atoms with Crippen molar-refractivity contribution in [3.8, 4) is 28.3 Å². The molecule has 0 saturated heterocycles. The number of nitrogens with one attached hydrogen (secondary N) is 1. The third kappa shape index (κ3) is 4.09. The number of rotatable bonds is 6. The van der Waals surface area contributed by atoms with Crippen LogP contribution in [-0.4, -0.2) is 32.6 Å². The number of nitrogens with two attached hydrogens (primary N) is 1. The molecule has 3 aromatic heterocycles. The highest BCUT2D eigenvalue weighted by Crippen LogP contribution is 2.25. The van der Waals surface area contributed by atoms with E-state index in [4.69, 9.17) is 10.5 Å². The Hall–Kier alpha value is -4.72. The molecule has 0 atom stereocenters. The Kier molecular flexibility index (Phi) is 5.16. The van der Waals surface area contributed by atoms with Gasteiger partial charge < -0.3 is 15.8 Å². The van der Waals surface area contributed by atoms with E-state index < -0.39 is 5.91 Å². The Morgan fingerprint density at radius 1 is 0.970 bits per heavy atom. The number of carbonyl (C=O) groups is 1. The van der Waals surface area contributed by atoms with E-state index in [1.165, 1.54) is 0 Å². The molecule has 8 nitrogen and oxygen atoms in total. The first-order chi connectivity index (χ1) is 16.1. The predicted molar refractivity (Wildman–Crippen MR) is 126 cm³/mol. The second-order valence-electron chi connectivity index (χ2n) is 7.35. The van der Waals surface area contributed by atoms with Gasteiger partial charge in [-0.3, -0.25) is 9.78 Å². The predicted octanol–water partition coefficient (Wildman–Crippen LogP) is 4.31. The highest BCUT2D eigenvalue weighted by atomic mass is 16.5. The summed E-state index contributed by atoms with van der Waals surface area (Å²) in [5.41, 5.74) is 10.7. The zero-order valence-corrected chi connectivity index (χ0v) is 17.8. The summed E-state index contributed by atoms with van der Waals surface area (Å²) < 4.78 is 7.04. The van der Waals surface area contributed by atoms with Crippen molar-refractivity contribution in [1.29, 1.82) is 0 Å². The van der Waals surface area contributed by atoms with Crippen LogP contribution >= 0.6 is 0 Å². The fourth-order valence-electron chi connectivity index (χ4n) is 3.54. The van der Waals surface area contributed by atoms with Crippen LogP contribution in [0.15, 0.2) is 85.1 Å². The summed E-state index contributed by atoms with van der Waals surface area (Å²) in [4.78, 5) is 20.5. The van der Waals surface area contributed by atoms with Gasteiger partial charge in [0.15, 0.2) is 5.65 Å². The molecule has 0 aliphatic heterocycles. The standard InChI is InChI=1S/C25H20N6O2/c1-33-20-11-8-16(9-12-20)22-6-3-7-23-29-25(30-31(22)23)28-19-10-13-21(27-15-19)17-4-2-5-18(14-17)24(26)32/h2-15H,1H3,(H2,26,32)(H,28,30). The molecule has 0 fully saturated rings. The zero-order valence-electron chi connectivity index (χ0n) is 17.8. The molecule has 5 aromatic rings. The van der Waals surface area contributed by atoms with Gasteiger partial charge in [-0.1, -0.05) is 18.2 Å². The van der Waals surface area contributed by atoms with Crippen molar-refractivity contribution < 1.29 is 9.53 Å². The molecule has 33 heavy (non-hydrogen) atoms. The second-order valence-corrected chi connectivity index (χ2v) is 7.35. The molecule has 0 aliphatic carbocycles. The average molecular weight is 436 g/mol. The van der Waals surface area contributed by atoms with E-state index in [-0.39, 0.29) is 0 Å². The maximum atomic E-state index is 11.4. The van der Waals surface area contributed by atoms with Crippen LogP contribution in [0.25, 0.3) is 28.2 Å². The van der Waals surface area contributed by atoms with E-state index in [1.807, 2.05) is 60.7 Å². The van der Waals surface area contributed by atoms with Crippen molar-refractivity contribution in [2.45, 2.75) is 0 Å². The summed E-state index contributed by atoms with van der Waals surface area (Å²) >= 11 is 0. The number of aromatic nitrogens is 4. The first-order valence-electron chi connectivity index (χ1n) is 10.2. The molecule has 0 aliphatic rings. The molecule has 0 spiro atoms. The molecule has 2 aromatic carbocycles. The third-order valence-corrected chi connectivity index (χ3v) is 5.21. The Morgan fingerprint density at radius 2 is 1.79 bits per heavy atom. The number of anilines is 2. The van der Waals surface area contributed by atoms with Gasteiger partial charge in [-0.05, 0) is 60.7 Å². The molecular weight excluding hydrogens is 416 g/mol. The summed E-state index contributed by atoms with van der Waals surface area (Å²) in [5.74, 6) is 0.785. The van der Waals surface area contributed by atoms with Gasteiger partial charge >= 0.3 is 0 Å². The molecule has 3 heterocycles. The van der Waals surface area contributed by atoms with E-state index in [0.717, 1.165) is 39.6 Å². The summed E-state index contributed by atoms with van der Waals surface area (Å²) in [6.45, 7) is 0. The van der Waals surface area contributed by atoms with E-state index >= 15 is 0 Å². The van der Waals surface area contributed by atoms with Gasteiger partial charge in [-0.25, -0.2) is 4.52 Å². The van der Waals surface area contributed by atoms with Crippen LogP contribution in [0.1, 0.15) is 10.4 Å². The Labute approximate surface area is 189 Å². The van der Waals surface area contributed by atoms with Gasteiger partial charge in [0, 0.05) is 16.7 Å². The van der Waals surface area contributed by atoms with Crippen LogP contribution < -0.4 is 15.8 Å². The first-order valence-corrected chi connectivity index (χ1v) is 10.2. The lowest BCUT2D eigenvalue weighted by atomic mass is 10.1. The smallest absolute Gasteiger partial charge is 0.248 e. The molecule has 5 rings (SSSR count). The first kappa shape index (κ1) is 20.2. The number of pyridine rings is 2. The number of hydrogen-bond acceptors (Lipinski definition) is 6. The van der Waals surface area contributed by atoms with Gasteiger partial charge in [-0.15, -0.1) is 5.10 Å². The lowest BCUT2D eigenvalue weighted by Crippen LogP contribution is -2.10.